The molecule has 1 aliphatic rings. The number of carbonyl (C=O) groups is 2. The van der Waals surface area contributed by atoms with Crippen LogP contribution in [-0.2, 0) is 4.79 Å². The minimum atomic E-state index is -0.297. The third kappa shape index (κ3) is 2.46. The van der Waals surface area contributed by atoms with Gasteiger partial charge in [0.25, 0.3) is 0 Å². The second-order valence-electron chi connectivity index (χ2n) is 4.38. The summed E-state index contributed by atoms with van der Waals surface area (Å²) in [5, 5.41) is 2.34. The van der Waals surface area contributed by atoms with Crippen molar-refractivity contribution in [2.24, 2.45) is 0 Å². The van der Waals surface area contributed by atoms with Crippen LogP contribution in [0.2, 0.25) is 0 Å². The topological polar surface area (TPSA) is 49.4 Å². The first-order valence-corrected chi connectivity index (χ1v) is 5.75. The minimum Gasteiger partial charge on any atom is -0.317 e. The normalized spacial score (nSPS) is 17.9. The average Bonchev–Trinajstić information content (AvgIpc) is 2.29. The van der Waals surface area contributed by atoms with Crippen LogP contribution in [0.1, 0.15) is 30.5 Å². The van der Waals surface area contributed by atoms with Gasteiger partial charge in [-0.25, -0.2) is 4.79 Å². The van der Waals surface area contributed by atoms with Crippen LogP contribution in [0, 0.1) is 6.92 Å². The van der Waals surface area contributed by atoms with Crippen LogP contribution in [-0.4, -0.2) is 23.4 Å². The second-order valence-corrected chi connectivity index (χ2v) is 4.38. The standard InChI is InChI=1S/C13H16N2O2/c1-9-3-5-11(6-4-9)10(2)15-8-7-12(16)14-13(15)17/h3-6,10H,7-8H2,1-2H3,(H,14,16,17). The van der Waals surface area contributed by atoms with Crippen LogP contribution in [0.3, 0.4) is 0 Å². The predicted molar refractivity (Wildman–Crippen MR) is 64.5 cm³/mol. The Morgan fingerprint density at radius 2 is 1.88 bits per heavy atom. The van der Waals surface area contributed by atoms with E-state index < -0.39 is 0 Å². The van der Waals surface area contributed by atoms with Crippen LogP contribution in [0.15, 0.2) is 24.3 Å². The summed E-state index contributed by atoms with van der Waals surface area (Å²) in [5.74, 6) is -0.192. The Kier molecular flexibility index (Phi) is 3.13. The molecule has 4 heteroatoms. The molecule has 1 aromatic carbocycles. The predicted octanol–water partition coefficient (Wildman–Crippen LogP) is 2.00. The van der Waals surface area contributed by atoms with Crippen molar-refractivity contribution in [2.45, 2.75) is 26.3 Å². The summed E-state index contributed by atoms with van der Waals surface area (Å²) in [4.78, 5) is 24.4. The first-order chi connectivity index (χ1) is 8.08. The van der Waals surface area contributed by atoms with Crippen LogP contribution in [0.5, 0.6) is 0 Å². The number of aryl methyl sites for hydroxylation is 1. The van der Waals surface area contributed by atoms with Crippen molar-refractivity contribution < 1.29 is 9.59 Å². The Bertz CT molecular complexity index is 439. The number of hydrogen-bond acceptors (Lipinski definition) is 2. The van der Waals surface area contributed by atoms with Gasteiger partial charge in [0.1, 0.15) is 0 Å². The number of hydrogen-bond donors (Lipinski definition) is 1. The van der Waals surface area contributed by atoms with Crippen molar-refractivity contribution in [1.82, 2.24) is 10.2 Å². The highest BCUT2D eigenvalue weighted by atomic mass is 16.2. The molecular formula is C13H16N2O2. The molecule has 4 nitrogen and oxygen atoms in total. The molecule has 17 heavy (non-hydrogen) atoms. The molecule has 1 N–H and O–H groups in total. The molecule has 1 unspecified atom stereocenters. The largest absolute Gasteiger partial charge is 0.324 e. The minimum absolute atomic E-state index is 0.0105. The van der Waals surface area contributed by atoms with E-state index in [-0.39, 0.29) is 18.0 Å². The number of urea groups is 1. The zero-order chi connectivity index (χ0) is 12.4. The van der Waals surface area contributed by atoms with E-state index in [2.05, 4.69) is 5.32 Å². The highest BCUT2D eigenvalue weighted by Gasteiger charge is 2.27. The van der Waals surface area contributed by atoms with Gasteiger partial charge < -0.3 is 4.90 Å². The fraction of sp³-hybridized carbons (Fsp3) is 0.385. The van der Waals surface area contributed by atoms with E-state index in [9.17, 15) is 9.59 Å². The van der Waals surface area contributed by atoms with Gasteiger partial charge in [0.2, 0.25) is 5.91 Å². The van der Waals surface area contributed by atoms with Gasteiger partial charge in [0.15, 0.2) is 0 Å². The monoisotopic (exact) mass is 232 g/mol. The van der Waals surface area contributed by atoms with Crippen molar-refractivity contribution in [3.63, 3.8) is 0 Å². The highest BCUT2D eigenvalue weighted by Crippen LogP contribution is 2.22. The zero-order valence-electron chi connectivity index (χ0n) is 10.1. The van der Waals surface area contributed by atoms with Crippen molar-refractivity contribution in [3.8, 4) is 0 Å². The van der Waals surface area contributed by atoms with Gasteiger partial charge >= 0.3 is 6.03 Å². The Morgan fingerprint density at radius 3 is 2.47 bits per heavy atom. The quantitative estimate of drug-likeness (QED) is 0.847. The first kappa shape index (κ1) is 11.6. The molecule has 0 spiro atoms. The van der Waals surface area contributed by atoms with Gasteiger partial charge in [-0.05, 0) is 19.4 Å². The summed E-state index contributed by atoms with van der Waals surface area (Å²) in [7, 11) is 0. The number of carbonyl (C=O) groups excluding carboxylic acids is 2. The van der Waals surface area contributed by atoms with Crippen molar-refractivity contribution in [2.75, 3.05) is 6.54 Å². The summed E-state index contributed by atoms with van der Waals surface area (Å²) < 4.78 is 0. The Balaban J connectivity index is 2.14. The number of benzene rings is 1. The SMILES string of the molecule is Cc1ccc(C(C)N2CCC(=O)NC2=O)cc1. The molecule has 1 fully saturated rings. The van der Waals surface area contributed by atoms with E-state index >= 15 is 0 Å². The third-order valence-electron chi connectivity index (χ3n) is 3.11. The van der Waals surface area contributed by atoms with E-state index in [0.29, 0.717) is 13.0 Å². The molecule has 1 atom stereocenters. The van der Waals surface area contributed by atoms with Crippen LogP contribution in [0.4, 0.5) is 4.79 Å². The van der Waals surface area contributed by atoms with Gasteiger partial charge in [-0.3, -0.25) is 10.1 Å². The van der Waals surface area contributed by atoms with Crippen molar-refractivity contribution in [1.29, 1.82) is 0 Å². The molecule has 1 heterocycles. The van der Waals surface area contributed by atoms with E-state index in [1.807, 2.05) is 38.1 Å². The fourth-order valence-corrected chi connectivity index (χ4v) is 1.97. The van der Waals surface area contributed by atoms with Gasteiger partial charge in [-0.1, -0.05) is 29.8 Å². The summed E-state index contributed by atoms with van der Waals surface area (Å²) in [6.07, 6.45) is 0.377. The molecule has 0 radical (unpaired) electrons. The smallest absolute Gasteiger partial charge is 0.317 e. The van der Waals surface area contributed by atoms with Gasteiger partial charge in [-0.2, -0.15) is 0 Å². The molecule has 0 aromatic heterocycles. The molecule has 0 bridgehead atoms. The summed E-state index contributed by atoms with van der Waals surface area (Å²) in [6.45, 7) is 4.49. The van der Waals surface area contributed by atoms with E-state index in [1.54, 1.807) is 4.90 Å². The molecule has 2 rings (SSSR count). The Morgan fingerprint density at radius 1 is 1.24 bits per heavy atom. The van der Waals surface area contributed by atoms with Gasteiger partial charge in [0, 0.05) is 13.0 Å². The number of imide groups is 1. The maximum atomic E-state index is 11.7. The lowest BCUT2D eigenvalue weighted by Crippen LogP contribution is -2.50. The van der Waals surface area contributed by atoms with E-state index in [1.165, 1.54) is 5.56 Å². The lowest BCUT2D eigenvalue weighted by molar-refractivity contribution is -0.121. The number of amides is 3. The maximum Gasteiger partial charge on any atom is 0.324 e. The Hall–Kier alpha value is -1.84. The highest BCUT2D eigenvalue weighted by molar-refractivity contribution is 5.96. The van der Waals surface area contributed by atoms with Crippen LogP contribution in [0.25, 0.3) is 0 Å². The second kappa shape index (κ2) is 4.57. The number of nitrogens with one attached hydrogen (secondary N) is 1. The van der Waals surface area contributed by atoms with Crippen molar-refractivity contribution in [3.05, 3.63) is 35.4 Å². The molecule has 1 saturated heterocycles. The third-order valence-corrected chi connectivity index (χ3v) is 3.11. The molecule has 0 aliphatic carbocycles. The summed E-state index contributed by atoms with van der Waals surface area (Å²) in [5.41, 5.74) is 2.28. The summed E-state index contributed by atoms with van der Waals surface area (Å²) in [6, 6.07) is 7.78. The molecule has 1 aliphatic heterocycles. The Labute approximate surface area is 101 Å². The van der Waals surface area contributed by atoms with Gasteiger partial charge in [0.05, 0.1) is 6.04 Å². The first-order valence-electron chi connectivity index (χ1n) is 5.75. The lowest BCUT2D eigenvalue weighted by atomic mass is 10.0. The lowest BCUT2D eigenvalue weighted by Gasteiger charge is -2.32. The molecule has 1 aromatic rings. The van der Waals surface area contributed by atoms with Crippen LogP contribution >= 0.6 is 0 Å². The molecule has 0 saturated carbocycles. The van der Waals surface area contributed by atoms with E-state index in [0.717, 1.165) is 5.56 Å². The van der Waals surface area contributed by atoms with Gasteiger partial charge in [-0.15, -0.1) is 0 Å². The fourth-order valence-electron chi connectivity index (χ4n) is 1.97. The molecule has 90 valence electrons. The number of rotatable bonds is 2. The number of nitrogens with zero attached hydrogens (tertiary/aromatic N) is 1. The van der Waals surface area contributed by atoms with Crippen LogP contribution < -0.4 is 5.32 Å². The summed E-state index contributed by atoms with van der Waals surface area (Å²) >= 11 is 0. The molecule has 3 amide bonds. The average molecular weight is 232 g/mol. The zero-order valence-corrected chi connectivity index (χ0v) is 10.1. The van der Waals surface area contributed by atoms with E-state index in [4.69, 9.17) is 0 Å². The molecular weight excluding hydrogens is 216 g/mol. The van der Waals surface area contributed by atoms with Crippen molar-refractivity contribution >= 4 is 11.9 Å². The maximum absolute atomic E-state index is 11.7.